The molecule has 0 aromatic heterocycles. The SMILES string of the molecule is CC[C@@H](C/C=C/CCCSNC(=O)OC(C)(C)C)CCN1CC(CCCc2cccc(C)c2)COc2ccc(C(N)=O)cc21. The van der Waals surface area contributed by atoms with Crippen LogP contribution in [0.2, 0.25) is 0 Å². The summed E-state index contributed by atoms with van der Waals surface area (Å²) in [5.74, 6) is 2.25. The molecule has 2 aromatic rings. The molecule has 7 nitrogen and oxygen atoms in total. The fourth-order valence-corrected chi connectivity index (χ4v) is 6.05. The van der Waals surface area contributed by atoms with Gasteiger partial charge in [-0.2, -0.15) is 0 Å². The maximum absolute atomic E-state index is 12.0. The van der Waals surface area contributed by atoms with Gasteiger partial charge in [0.25, 0.3) is 0 Å². The van der Waals surface area contributed by atoms with Crippen LogP contribution in [0.15, 0.2) is 54.6 Å². The molecule has 8 heteroatoms. The number of allylic oxidation sites excluding steroid dienone is 2. The Hall–Kier alpha value is -3.13. The Labute approximate surface area is 269 Å². The lowest BCUT2D eigenvalue weighted by molar-refractivity contribution is 0.0574. The highest BCUT2D eigenvalue weighted by atomic mass is 32.2. The molecule has 0 spiro atoms. The van der Waals surface area contributed by atoms with E-state index in [1.54, 1.807) is 6.07 Å². The second-order valence-corrected chi connectivity index (χ2v) is 13.8. The number of carbonyl (C=O) groups excluding carboxylic acids is 2. The number of rotatable bonds is 16. The van der Waals surface area contributed by atoms with Crippen LogP contribution in [0, 0.1) is 18.8 Å². The van der Waals surface area contributed by atoms with Crippen LogP contribution < -0.4 is 20.1 Å². The number of hydrogen-bond acceptors (Lipinski definition) is 6. The fourth-order valence-electron chi connectivity index (χ4n) is 5.47. The van der Waals surface area contributed by atoms with Gasteiger partial charge in [-0.1, -0.05) is 55.3 Å². The number of aryl methyl sites for hydroxylation is 2. The molecule has 0 saturated carbocycles. The van der Waals surface area contributed by atoms with E-state index in [1.165, 1.54) is 23.1 Å². The highest BCUT2D eigenvalue weighted by molar-refractivity contribution is 7.97. The predicted molar refractivity (Wildman–Crippen MR) is 183 cm³/mol. The summed E-state index contributed by atoms with van der Waals surface area (Å²) in [5.41, 5.74) is 9.35. The van der Waals surface area contributed by atoms with Crippen LogP contribution in [0.3, 0.4) is 0 Å². The summed E-state index contributed by atoms with van der Waals surface area (Å²) in [6.07, 6.45) is 12.6. The molecule has 3 rings (SSSR count). The first-order chi connectivity index (χ1) is 21.0. The summed E-state index contributed by atoms with van der Waals surface area (Å²) in [6.45, 7) is 12.5. The number of ether oxygens (including phenoxy) is 2. The number of primary amides is 1. The van der Waals surface area contributed by atoms with E-state index in [1.807, 2.05) is 32.9 Å². The van der Waals surface area contributed by atoms with Crippen molar-refractivity contribution in [3.8, 4) is 5.75 Å². The zero-order valence-electron chi connectivity index (χ0n) is 27.4. The smallest absolute Gasteiger partial charge is 0.417 e. The van der Waals surface area contributed by atoms with Gasteiger partial charge in [0.2, 0.25) is 5.91 Å². The number of carbonyl (C=O) groups is 2. The number of anilines is 1. The summed E-state index contributed by atoms with van der Waals surface area (Å²) < 4.78 is 14.3. The van der Waals surface area contributed by atoms with E-state index in [0.717, 1.165) is 81.6 Å². The second-order valence-electron chi connectivity index (χ2n) is 12.9. The lowest BCUT2D eigenvalue weighted by Crippen LogP contribution is -2.32. The van der Waals surface area contributed by atoms with E-state index in [2.05, 4.69) is 59.9 Å². The molecule has 44 heavy (non-hydrogen) atoms. The van der Waals surface area contributed by atoms with Crippen molar-refractivity contribution in [1.29, 1.82) is 0 Å². The normalized spacial score (nSPS) is 15.8. The third-order valence-corrected chi connectivity index (χ3v) is 8.69. The minimum atomic E-state index is -0.483. The number of benzene rings is 2. The number of fused-ring (bicyclic) bond motifs is 1. The molecule has 1 aliphatic heterocycles. The van der Waals surface area contributed by atoms with Crippen LogP contribution in [-0.2, 0) is 11.2 Å². The van der Waals surface area contributed by atoms with Crippen LogP contribution in [0.5, 0.6) is 5.75 Å². The van der Waals surface area contributed by atoms with E-state index in [4.69, 9.17) is 15.2 Å². The second kappa shape index (κ2) is 18.0. The zero-order valence-corrected chi connectivity index (χ0v) is 28.2. The topological polar surface area (TPSA) is 93.9 Å². The molecule has 0 aliphatic carbocycles. The van der Waals surface area contributed by atoms with E-state index in [0.29, 0.717) is 24.0 Å². The number of nitrogens with one attached hydrogen (secondary N) is 1. The summed E-state index contributed by atoms with van der Waals surface area (Å²) in [7, 11) is 0. The van der Waals surface area contributed by atoms with E-state index in [-0.39, 0.29) is 6.09 Å². The van der Waals surface area contributed by atoms with Crippen LogP contribution >= 0.6 is 11.9 Å². The molecule has 3 N–H and O–H groups in total. The molecule has 1 heterocycles. The van der Waals surface area contributed by atoms with Crippen molar-refractivity contribution < 1.29 is 19.1 Å². The Kier molecular flexibility index (Phi) is 14.5. The average Bonchev–Trinajstić information content (AvgIpc) is 3.14. The Morgan fingerprint density at radius 2 is 2.00 bits per heavy atom. The number of nitrogens with two attached hydrogens (primary N) is 1. The van der Waals surface area contributed by atoms with Gasteiger partial charge < -0.3 is 20.1 Å². The van der Waals surface area contributed by atoms with Crippen molar-refractivity contribution in [3.63, 3.8) is 0 Å². The van der Waals surface area contributed by atoms with Crippen LogP contribution in [0.4, 0.5) is 10.5 Å². The Balaban J connectivity index is 1.50. The fraction of sp³-hybridized carbons (Fsp3) is 0.556. The third kappa shape index (κ3) is 12.8. The number of hydrogen-bond donors (Lipinski definition) is 2. The molecule has 2 aromatic carbocycles. The summed E-state index contributed by atoms with van der Waals surface area (Å²) in [5, 5.41) is 0. The molecule has 0 saturated heterocycles. The lowest BCUT2D eigenvalue weighted by Gasteiger charge is -2.28. The van der Waals surface area contributed by atoms with Crippen LogP contribution in [0.25, 0.3) is 0 Å². The molecular formula is C36H53N3O4S. The molecule has 242 valence electrons. The zero-order chi connectivity index (χ0) is 32.0. The summed E-state index contributed by atoms with van der Waals surface area (Å²) >= 11 is 1.39. The minimum Gasteiger partial charge on any atom is -0.491 e. The van der Waals surface area contributed by atoms with Gasteiger partial charge in [0.1, 0.15) is 11.4 Å². The Bertz CT molecular complexity index is 1230. The average molecular weight is 624 g/mol. The lowest BCUT2D eigenvalue weighted by atomic mass is 9.96. The van der Waals surface area contributed by atoms with Crippen molar-refractivity contribution in [2.24, 2.45) is 17.6 Å². The van der Waals surface area contributed by atoms with Gasteiger partial charge >= 0.3 is 6.09 Å². The van der Waals surface area contributed by atoms with E-state index >= 15 is 0 Å². The van der Waals surface area contributed by atoms with Gasteiger partial charge in [0.05, 0.1) is 12.3 Å². The first-order valence-corrected chi connectivity index (χ1v) is 17.2. The van der Waals surface area contributed by atoms with Crippen molar-refractivity contribution >= 4 is 29.6 Å². The highest BCUT2D eigenvalue weighted by Gasteiger charge is 2.24. The molecule has 0 fully saturated rings. The summed E-state index contributed by atoms with van der Waals surface area (Å²) in [6, 6.07) is 14.3. The van der Waals surface area contributed by atoms with Gasteiger partial charge in [0.15, 0.2) is 0 Å². The van der Waals surface area contributed by atoms with Crippen LogP contribution in [0.1, 0.15) is 94.1 Å². The number of amides is 2. The van der Waals surface area contributed by atoms with Crippen molar-refractivity contribution in [2.45, 2.75) is 91.6 Å². The minimum absolute atomic E-state index is 0.387. The van der Waals surface area contributed by atoms with Gasteiger partial charge in [-0.05, 0) is 114 Å². The first kappa shape index (κ1) is 35.4. The van der Waals surface area contributed by atoms with Gasteiger partial charge in [0, 0.05) is 30.3 Å². The maximum atomic E-state index is 12.0. The standard InChI is InChI=1S/C36H53N3O4S/c1-6-28(14-9-7-8-10-22-44-38-35(41)43-36(3,4)5)20-21-39-25-30(17-12-16-29-15-11-13-27(2)23-29)26-42-33-19-18-31(34(37)40)24-32(33)39/h7,9,11,13,15,18-19,23-24,28,30H,6,8,10,12,14,16-17,20-22,25-26H2,1-5H3,(H2,37,40)(H,38,41)/b9-7+/t28-,30?/m0/s1. The monoisotopic (exact) mass is 623 g/mol. The number of nitrogens with zero attached hydrogens (tertiary/aromatic N) is 1. The molecule has 0 bridgehead atoms. The van der Waals surface area contributed by atoms with Gasteiger partial charge in [-0.25, -0.2) is 4.79 Å². The third-order valence-electron chi connectivity index (χ3n) is 7.89. The largest absolute Gasteiger partial charge is 0.491 e. The van der Waals surface area contributed by atoms with Crippen molar-refractivity contribution in [1.82, 2.24) is 4.72 Å². The van der Waals surface area contributed by atoms with Gasteiger partial charge in [-0.15, -0.1) is 0 Å². The van der Waals surface area contributed by atoms with Crippen LogP contribution in [-0.4, -0.2) is 43.1 Å². The summed E-state index contributed by atoms with van der Waals surface area (Å²) in [4.78, 5) is 26.2. The molecular weight excluding hydrogens is 570 g/mol. The molecule has 1 aliphatic rings. The highest BCUT2D eigenvalue weighted by Crippen LogP contribution is 2.35. The quantitative estimate of drug-likeness (QED) is 0.111. The van der Waals surface area contributed by atoms with Crippen molar-refractivity contribution in [3.05, 3.63) is 71.3 Å². The molecule has 2 atom stereocenters. The van der Waals surface area contributed by atoms with Gasteiger partial charge in [-0.3, -0.25) is 9.52 Å². The molecule has 1 unspecified atom stereocenters. The maximum Gasteiger partial charge on any atom is 0.417 e. The van der Waals surface area contributed by atoms with E-state index < -0.39 is 11.5 Å². The number of unbranched alkanes of at least 4 members (excludes halogenated alkanes) is 1. The first-order valence-electron chi connectivity index (χ1n) is 16.2. The Morgan fingerprint density at radius 3 is 2.73 bits per heavy atom. The Morgan fingerprint density at radius 1 is 1.18 bits per heavy atom. The van der Waals surface area contributed by atoms with E-state index in [9.17, 15) is 9.59 Å². The molecule has 2 amide bonds. The molecule has 0 radical (unpaired) electrons. The predicted octanol–water partition coefficient (Wildman–Crippen LogP) is 8.25. The van der Waals surface area contributed by atoms with Crippen molar-refractivity contribution in [2.75, 3.05) is 30.3 Å².